The molecule has 2 aromatic carbocycles. The number of carbonyl (C=O) groups excluding carboxylic acids is 2. The molecule has 2 aliphatic rings. The van der Waals surface area contributed by atoms with Crippen LogP contribution in [0.1, 0.15) is 31.9 Å². The fourth-order valence-electron chi connectivity index (χ4n) is 3.95. The molecule has 0 spiro atoms. The van der Waals surface area contributed by atoms with Crippen molar-refractivity contribution in [2.75, 3.05) is 11.6 Å². The lowest BCUT2D eigenvalue weighted by atomic mass is 9.94. The van der Waals surface area contributed by atoms with Crippen molar-refractivity contribution in [1.82, 2.24) is 9.80 Å². The lowest BCUT2D eigenvalue weighted by Gasteiger charge is -2.32. The number of amides is 2. The van der Waals surface area contributed by atoms with Crippen molar-refractivity contribution in [2.45, 2.75) is 39.9 Å². The Morgan fingerprint density at radius 2 is 1.46 bits per heavy atom. The van der Waals surface area contributed by atoms with Gasteiger partial charge in [0.1, 0.15) is 6.04 Å². The maximum Gasteiger partial charge on any atom is 0.246 e. The number of fused-ring (bicyclic) bond motifs is 3. The van der Waals surface area contributed by atoms with E-state index >= 15 is 0 Å². The largest absolute Gasteiger partial charge is 0.332 e. The molecule has 2 amide bonds. The van der Waals surface area contributed by atoms with Gasteiger partial charge in [0, 0.05) is 24.3 Å². The summed E-state index contributed by atoms with van der Waals surface area (Å²) in [6.07, 6.45) is 0. The Labute approximate surface area is 170 Å². The molecule has 2 aromatic rings. The molecule has 5 heteroatoms. The molecule has 1 atom stereocenters. The quantitative estimate of drug-likeness (QED) is 0.730. The third-order valence-corrected chi connectivity index (χ3v) is 6.44. The van der Waals surface area contributed by atoms with Crippen LogP contribution in [0.15, 0.2) is 48.5 Å². The second-order valence-corrected chi connectivity index (χ2v) is 9.55. The zero-order valence-electron chi connectivity index (χ0n) is 16.6. The average molecular weight is 395 g/mol. The van der Waals surface area contributed by atoms with Gasteiger partial charge in [-0.25, -0.2) is 0 Å². The fraction of sp³-hybridized carbons (Fsp3) is 0.391. The van der Waals surface area contributed by atoms with Gasteiger partial charge >= 0.3 is 0 Å². The van der Waals surface area contributed by atoms with Crippen LogP contribution >= 0.6 is 11.8 Å². The minimum absolute atomic E-state index is 0.0477. The van der Waals surface area contributed by atoms with Gasteiger partial charge in [-0.2, -0.15) is 0 Å². The molecule has 1 saturated heterocycles. The number of hydrogen-bond donors (Lipinski definition) is 0. The highest BCUT2D eigenvalue weighted by molar-refractivity contribution is 7.99. The Morgan fingerprint density at radius 1 is 0.929 bits per heavy atom. The number of thioether (sulfide) groups is 1. The van der Waals surface area contributed by atoms with Gasteiger partial charge in [-0.1, -0.05) is 69.3 Å². The molecular weight excluding hydrogens is 368 g/mol. The molecule has 4 nitrogen and oxygen atoms in total. The van der Waals surface area contributed by atoms with Crippen molar-refractivity contribution in [3.05, 3.63) is 59.7 Å². The first-order valence-electron chi connectivity index (χ1n) is 9.70. The summed E-state index contributed by atoms with van der Waals surface area (Å²) >= 11 is 1.66. The second kappa shape index (κ2) is 7.28. The molecule has 2 aliphatic heterocycles. The van der Waals surface area contributed by atoms with E-state index in [1.807, 2.05) is 49.9 Å². The number of rotatable bonds is 1. The summed E-state index contributed by atoms with van der Waals surface area (Å²) in [6, 6.07) is 16.2. The molecular formula is C23H26N2O2S. The monoisotopic (exact) mass is 394 g/mol. The lowest BCUT2D eigenvalue weighted by Crippen LogP contribution is -2.51. The van der Waals surface area contributed by atoms with E-state index in [4.69, 9.17) is 0 Å². The van der Waals surface area contributed by atoms with Gasteiger partial charge in [0.2, 0.25) is 11.8 Å². The van der Waals surface area contributed by atoms with Crippen LogP contribution in [0.2, 0.25) is 0 Å². The van der Waals surface area contributed by atoms with Crippen molar-refractivity contribution < 1.29 is 9.59 Å². The highest BCUT2D eigenvalue weighted by Gasteiger charge is 2.41. The Kier molecular flexibility index (Phi) is 4.96. The van der Waals surface area contributed by atoms with Crippen molar-refractivity contribution >= 4 is 23.6 Å². The van der Waals surface area contributed by atoms with E-state index in [-0.39, 0.29) is 17.9 Å². The maximum atomic E-state index is 13.5. The minimum Gasteiger partial charge on any atom is -0.332 e. The first kappa shape index (κ1) is 19.1. The fourth-order valence-corrected chi connectivity index (χ4v) is 5.10. The Hall–Kier alpha value is -2.27. The Balaban J connectivity index is 1.67. The third kappa shape index (κ3) is 3.44. The van der Waals surface area contributed by atoms with Gasteiger partial charge in [-0.15, -0.1) is 11.8 Å². The van der Waals surface area contributed by atoms with Gasteiger partial charge < -0.3 is 9.80 Å². The molecule has 1 fully saturated rings. The summed E-state index contributed by atoms with van der Waals surface area (Å²) in [7, 11) is 0. The Bertz CT molecular complexity index is 871. The Morgan fingerprint density at radius 3 is 2.00 bits per heavy atom. The number of nitrogens with zero attached hydrogens (tertiary/aromatic N) is 2. The van der Waals surface area contributed by atoms with Crippen LogP contribution in [0.4, 0.5) is 0 Å². The van der Waals surface area contributed by atoms with Gasteiger partial charge in [-0.05, 0) is 22.3 Å². The predicted octanol–water partition coefficient (Wildman–Crippen LogP) is 4.14. The average Bonchev–Trinajstić information content (AvgIpc) is 3.09. The lowest BCUT2D eigenvalue weighted by molar-refractivity contribution is -0.148. The molecule has 0 aromatic heterocycles. The summed E-state index contributed by atoms with van der Waals surface area (Å²) in [5.41, 5.74) is 4.20. The molecule has 0 radical (unpaired) electrons. The summed E-state index contributed by atoms with van der Waals surface area (Å²) in [5.74, 6) is 1.36. The summed E-state index contributed by atoms with van der Waals surface area (Å²) in [6.45, 7) is 6.89. The van der Waals surface area contributed by atoms with E-state index in [9.17, 15) is 9.59 Å². The van der Waals surface area contributed by atoms with Gasteiger partial charge in [0.25, 0.3) is 0 Å². The second-order valence-electron chi connectivity index (χ2n) is 8.55. The highest BCUT2D eigenvalue weighted by Crippen LogP contribution is 2.34. The smallest absolute Gasteiger partial charge is 0.246 e. The van der Waals surface area contributed by atoms with Crippen LogP contribution in [0.25, 0.3) is 11.1 Å². The SMILES string of the molecule is CC(C)(C)C(=O)N1CSCC1C(=O)N1Cc2ccccc2-c2ccccc2C1. The third-order valence-electron chi connectivity index (χ3n) is 5.43. The molecule has 0 aliphatic carbocycles. The van der Waals surface area contributed by atoms with Gasteiger partial charge in [0.15, 0.2) is 0 Å². The van der Waals surface area contributed by atoms with Gasteiger partial charge in [-0.3, -0.25) is 9.59 Å². The van der Waals surface area contributed by atoms with Crippen molar-refractivity contribution in [3.63, 3.8) is 0 Å². The van der Waals surface area contributed by atoms with Crippen LogP contribution in [-0.4, -0.2) is 39.3 Å². The van der Waals surface area contributed by atoms with Crippen LogP contribution in [0, 0.1) is 5.41 Å². The van der Waals surface area contributed by atoms with Crippen molar-refractivity contribution in [1.29, 1.82) is 0 Å². The molecule has 2 heterocycles. The van der Waals surface area contributed by atoms with E-state index in [1.54, 1.807) is 16.7 Å². The molecule has 28 heavy (non-hydrogen) atoms. The summed E-state index contributed by atoms with van der Waals surface area (Å²) in [4.78, 5) is 30.1. The number of hydrogen-bond acceptors (Lipinski definition) is 3. The van der Waals surface area contributed by atoms with Gasteiger partial charge in [0.05, 0.1) is 5.88 Å². The van der Waals surface area contributed by atoms with Crippen LogP contribution < -0.4 is 0 Å². The van der Waals surface area contributed by atoms with E-state index in [0.717, 1.165) is 11.1 Å². The molecule has 0 N–H and O–H groups in total. The first-order valence-corrected chi connectivity index (χ1v) is 10.9. The van der Waals surface area contributed by atoms with E-state index in [0.29, 0.717) is 24.7 Å². The number of benzene rings is 2. The minimum atomic E-state index is -0.485. The van der Waals surface area contributed by atoms with Crippen LogP contribution in [-0.2, 0) is 22.7 Å². The molecule has 0 bridgehead atoms. The van der Waals surface area contributed by atoms with Crippen molar-refractivity contribution in [3.8, 4) is 11.1 Å². The van der Waals surface area contributed by atoms with E-state index < -0.39 is 5.41 Å². The first-order chi connectivity index (χ1) is 13.4. The topological polar surface area (TPSA) is 40.6 Å². The zero-order valence-corrected chi connectivity index (χ0v) is 17.5. The van der Waals surface area contributed by atoms with Crippen molar-refractivity contribution in [2.24, 2.45) is 5.41 Å². The molecule has 4 rings (SSSR count). The van der Waals surface area contributed by atoms with Crippen LogP contribution in [0.3, 0.4) is 0 Å². The standard InChI is InChI=1S/C23H26N2O2S/c1-23(2,3)22(27)25-15-28-14-20(25)21(26)24-12-16-8-4-6-10-18(16)19-11-7-5-9-17(19)13-24/h4-11,20H,12-15H2,1-3H3. The summed E-state index contributed by atoms with van der Waals surface area (Å²) in [5, 5.41) is 0. The van der Waals surface area contributed by atoms with E-state index in [2.05, 4.69) is 24.3 Å². The molecule has 146 valence electrons. The highest BCUT2D eigenvalue weighted by atomic mass is 32.2. The zero-order chi connectivity index (χ0) is 19.9. The normalized spacial score (nSPS) is 19.0. The van der Waals surface area contributed by atoms with Crippen LogP contribution in [0.5, 0.6) is 0 Å². The molecule has 1 unspecified atom stereocenters. The summed E-state index contributed by atoms with van der Waals surface area (Å²) < 4.78 is 0. The molecule has 0 saturated carbocycles. The maximum absolute atomic E-state index is 13.5. The predicted molar refractivity (Wildman–Crippen MR) is 114 cm³/mol. The van der Waals surface area contributed by atoms with E-state index in [1.165, 1.54) is 11.1 Å². The number of carbonyl (C=O) groups is 2.